The van der Waals surface area contributed by atoms with Gasteiger partial charge in [-0.3, -0.25) is 0 Å². The molecule has 4 heteroatoms. The van der Waals surface area contributed by atoms with Crippen LogP contribution in [0.2, 0.25) is 0 Å². The highest BCUT2D eigenvalue weighted by Crippen LogP contribution is 2.25. The van der Waals surface area contributed by atoms with Crippen LogP contribution in [-0.2, 0) is 0 Å². The normalized spacial score (nSPS) is 20.0. The summed E-state index contributed by atoms with van der Waals surface area (Å²) >= 11 is 0. The van der Waals surface area contributed by atoms with Crippen LogP contribution in [0.5, 0.6) is 0 Å². The second-order valence-corrected chi connectivity index (χ2v) is 4.52. The van der Waals surface area contributed by atoms with Gasteiger partial charge in [0.2, 0.25) is 0 Å². The fraction of sp³-hybridized carbons (Fsp3) is 0.462. The molecule has 3 N–H and O–H groups in total. The molecule has 4 nitrogen and oxygen atoms in total. The van der Waals surface area contributed by atoms with E-state index in [0.29, 0.717) is 17.2 Å². The summed E-state index contributed by atoms with van der Waals surface area (Å²) in [6.45, 7) is 2.06. The van der Waals surface area contributed by atoms with Crippen LogP contribution in [0, 0.1) is 17.2 Å². The zero-order valence-corrected chi connectivity index (χ0v) is 9.76. The third-order valence-corrected chi connectivity index (χ3v) is 3.30. The molecule has 0 aliphatic carbocycles. The Morgan fingerprint density at radius 2 is 2.35 bits per heavy atom. The average molecular weight is 231 g/mol. The first-order chi connectivity index (χ1) is 8.24. The molecule has 1 aliphatic rings. The molecular formula is C13H17N3O. The number of aliphatic hydroxyl groups is 1. The summed E-state index contributed by atoms with van der Waals surface area (Å²) in [4.78, 5) is 2.21. The molecule has 1 atom stereocenters. The van der Waals surface area contributed by atoms with Gasteiger partial charge in [0.1, 0.15) is 6.07 Å². The van der Waals surface area contributed by atoms with Gasteiger partial charge in [-0.25, -0.2) is 0 Å². The van der Waals surface area contributed by atoms with Crippen LogP contribution in [0.1, 0.15) is 18.4 Å². The summed E-state index contributed by atoms with van der Waals surface area (Å²) < 4.78 is 0. The number of nitriles is 1. The number of hydrogen-bond acceptors (Lipinski definition) is 4. The van der Waals surface area contributed by atoms with Crippen LogP contribution < -0.4 is 10.6 Å². The van der Waals surface area contributed by atoms with E-state index in [0.717, 1.165) is 31.6 Å². The van der Waals surface area contributed by atoms with Gasteiger partial charge in [-0.05, 0) is 37.0 Å². The predicted octanol–water partition coefficient (Wildman–Crippen LogP) is 1.35. The first-order valence-corrected chi connectivity index (χ1v) is 5.90. The molecule has 2 rings (SSSR count). The average Bonchev–Trinajstić information content (AvgIpc) is 2.39. The number of piperidine rings is 1. The van der Waals surface area contributed by atoms with Crippen molar-refractivity contribution in [3.63, 3.8) is 0 Å². The molecule has 1 heterocycles. The Labute approximate surface area is 101 Å². The lowest BCUT2D eigenvalue weighted by Gasteiger charge is -2.33. The van der Waals surface area contributed by atoms with Gasteiger partial charge in [-0.15, -0.1) is 0 Å². The van der Waals surface area contributed by atoms with Crippen molar-refractivity contribution in [1.29, 1.82) is 5.26 Å². The van der Waals surface area contributed by atoms with Gasteiger partial charge in [0.25, 0.3) is 0 Å². The maximum atomic E-state index is 9.20. The molecule has 1 saturated heterocycles. The number of aliphatic hydroxyl groups excluding tert-OH is 1. The summed E-state index contributed by atoms with van der Waals surface area (Å²) in [7, 11) is 0. The third-order valence-electron chi connectivity index (χ3n) is 3.30. The summed E-state index contributed by atoms with van der Waals surface area (Å²) in [5.41, 5.74) is 7.77. The van der Waals surface area contributed by atoms with Gasteiger partial charge in [-0.1, -0.05) is 0 Å². The Morgan fingerprint density at radius 3 is 3.06 bits per heavy atom. The molecule has 0 aromatic heterocycles. The van der Waals surface area contributed by atoms with Crippen molar-refractivity contribution < 1.29 is 5.11 Å². The number of benzene rings is 1. The van der Waals surface area contributed by atoms with Gasteiger partial charge in [0.15, 0.2) is 0 Å². The van der Waals surface area contributed by atoms with E-state index < -0.39 is 0 Å². The van der Waals surface area contributed by atoms with E-state index in [1.807, 2.05) is 12.1 Å². The zero-order chi connectivity index (χ0) is 12.3. The van der Waals surface area contributed by atoms with E-state index >= 15 is 0 Å². The van der Waals surface area contributed by atoms with Crippen molar-refractivity contribution in [2.45, 2.75) is 12.8 Å². The maximum Gasteiger partial charge on any atom is 0.101 e. The topological polar surface area (TPSA) is 73.3 Å². The smallest absolute Gasteiger partial charge is 0.101 e. The Kier molecular flexibility index (Phi) is 3.50. The Balaban J connectivity index is 2.19. The highest BCUT2D eigenvalue weighted by atomic mass is 16.3. The fourth-order valence-electron chi connectivity index (χ4n) is 2.29. The lowest BCUT2D eigenvalue weighted by Crippen LogP contribution is -2.36. The molecule has 1 aliphatic heterocycles. The number of anilines is 2. The van der Waals surface area contributed by atoms with Crippen molar-refractivity contribution in [3.05, 3.63) is 23.8 Å². The van der Waals surface area contributed by atoms with Crippen molar-refractivity contribution in [1.82, 2.24) is 0 Å². The molecule has 1 fully saturated rings. The van der Waals surface area contributed by atoms with E-state index in [9.17, 15) is 5.11 Å². The maximum absolute atomic E-state index is 9.20. The van der Waals surface area contributed by atoms with Crippen molar-refractivity contribution in [2.24, 2.45) is 5.92 Å². The van der Waals surface area contributed by atoms with Crippen LogP contribution in [0.25, 0.3) is 0 Å². The summed E-state index contributed by atoms with van der Waals surface area (Å²) in [5.74, 6) is 0.340. The predicted molar refractivity (Wildman–Crippen MR) is 67.6 cm³/mol. The number of nitrogen functional groups attached to an aromatic ring is 1. The Bertz CT molecular complexity index is 439. The van der Waals surface area contributed by atoms with Crippen LogP contribution in [-0.4, -0.2) is 24.8 Å². The van der Waals surface area contributed by atoms with Crippen molar-refractivity contribution in [2.75, 3.05) is 30.3 Å². The first-order valence-electron chi connectivity index (χ1n) is 5.90. The fourth-order valence-corrected chi connectivity index (χ4v) is 2.29. The minimum Gasteiger partial charge on any atom is -0.398 e. The molecule has 1 unspecified atom stereocenters. The molecule has 0 radical (unpaired) electrons. The minimum atomic E-state index is 0.233. The second kappa shape index (κ2) is 5.07. The largest absolute Gasteiger partial charge is 0.398 e. The van der Waals surface area contributed by atoms with Gasteiger partial charge >= 0.3 is 0 Å². The molecule has 17 heavy (non-hydrogen) atoms. The SMILES string of the molecule is N#Cc1cc(N2CCCC(CO)C2)ccc1N. The number of hydrogen-bond donors (Lipinski definition) is 2. The summed E-state index contributed by atoms with van der Waals surface area (Å²) in [5, 5.41) is 18.2. The lowest BCUT2D eigenvalue weighted by molar-refractivity contribution is 0.209. The van der Waals surface area contributed by atoms with E-state index in [-0.39, 0.29) is 6.61 Å². The molecule has 0 amide bonds. The summed E-state index contributed by atoms with van der Waals surface area (Å²) in [6.07, 6.45) is 2.16. The molecule has 1 aromatic carbocycles. The number of rotatable bonds is 2. The molecule has 0 bridgehead atoms. The standard InChI is InChI=1S/C13H17N3O/c14-7-11-6-12(3-4-13(11)15)16-5-1-2-10(8-16)9-17/h3-4,6,10,17H,1-2,5,8-9,15H2. The molecule has 0 saturated carbocycles. The number of nitrogens with zero attached hydrogens (tertiary/aromatic N) is 2. The quantitative estimate of drug-likeness (QED) is 0.753. The van der Waals surface area contributed by atoms with E-state index in [4.69, 9.17) is 11.0 Å². The molecule has 0 spiro atoms. The van der Waals surface area contributed by atoms with Crippen molar-refractivity contribution in [3.8, 4) is 6.07 Å². The minimum absolute atomic E-state index is 0.233. The van der Waals surface area contributed by atoms with Crippen molar-refractivity contribution >= 4 is 11.4 Å². The van der Waals surface area contributed by atoms with Gasteiger partial charge in [-0.2, -0.15) is 5.26 Å². The molecule has 90 valence electrons. The first kappa shape index (κ1) is 11.7. The number of nitrogens with two attached hydrogens (primary N) is 1. The second-order valence-electron chi connectivity index (χ2n) is 4.52. The van der Waals surface area contributed by atoms with Crippen LogP contribution >= 0.6 is 0 Å². The van der Waals surface area contributed by atoms with Gasteiger partial charge in [0, 0.05) is 31.1 Å². The van der Waals surface area contributed by atoms with Crippen LogP contribution in [0.15, 0.2) is 18.2 Å². The van der Waals surface area contributed by atoms with Crippen LogP contribution in [0.4, 0.5) is 11.4 Å². The highest BCUT2D eigenvalue weighted by molar-refractivity contribution is 5.62. The van der Waals surface area contributed by atoms with Gasteiger partial charge in [0.05, 0.1) is 5.56 Å². The monoisotopic (exact) mass is 231 g/mol. The molecule has 1 aromatic rings. The Morgan fingerprint density at radius 1 is 1.53 bits per heavy atom. The van der Waals surface area contributed by atoms with Crippen LogP contribution in [0.3, 0.4) is 0 Å². The highest BCUT2D eigenvalue weighted by Gasteiger charge is 2.19. The van der Waals surface area contributed by atoms with E-state index in [1.54, 1.807) is 6.07 Å². The Hall–Kier alpha value is -1.73. The van der Waals surface area contributed by atoms with E-state index in [1.165, 1.54) is 0 Å². The lowest BCUT2D eigenvalue weighted by atomic mass is 9.98. The molecular weight excluding hydrogens is 214 g/mol. The van der Waals surface area contributed by atoms with Gasteiger partial charge < -0.3 is 15.7 Å². The zero-order valence-electron chi connectivity index (χ0n) is 9.76. The third kappa shape index (κ3) is 2.51. The van der Waals surface area contributed by atoms with E-state index in [2.05, 4.69) is 11.0 Å². The summed E-state index contributed by atoms with van der Waals surface area (Å²) in [6, 6.07) is 7.64.